The number of thioether (sulfide) groups is 1. The van der Waals surface area contributed by atoms with E-state index < -0.39 is 0 Å². The molecule has 0 fully saturated rings. The summed E-state index contributed by atoms with van der Waals surface area (Å²) in [5.41, 5.74) is 3.18. The van der Waals surface area contributed by atoms with Crippen molar-refractivity contribution in [1.29, 1.82) is 0 Å². The van der Waals surface area contributed by atoms with Gasteiger partial charge in [-0.25, -0.2) is 4.68 Å². The number of aryl methyl sites for hydroxylation is 1. The Bertz CT molecular complexity index is 892. The van der Waals surface area contributed by atoms with Gasteiger partial charge in [0.2, 0.25) is 11.1 Å². The van der Waals surface area contributed by atoms with Gasteiger partial charge in [-0.15, -0.1) is 10.2 Å². The number of nitrogen functional groups attached to an aromatic ring is 1. The highest BCUT2D eigenvalue weighted by molar-refractivity contribution is 7.99. The van der Waals surface area contributed by atoms with Gasteiger partial charge in [0.1, 0.15) is 0 Å². The van der Waals surface area contributed by atoms with Crippen LogP contribution >= 0.6 is 11.8 Å². The van der Waals surface area contributed by atoms with E-state index in [2.05, 4.69) is 10.2 Å². The van der Waals surface area contributed by atoms with Crippen LogP contribution in [-0.2, 0) is 11.3 Å². The van der Waals surface area contributed by atoms with Crippen LogP contribution in [0.5, 0.6) is 0 Å². The topological polar surface area (TPSA) is 77.0 Å². The number of rotatable bonds is 7. The third-order valence-electron chi connectivity index (χ3n) is 4.25. The molecule has 0 spiro atoms. The summed E-state index contributed by atoms with van der Waals surface area (Å²) in [5, 5.41) is 8.83. The number of amides is 1. The summed E-state index contributed by atoms with van der Waals surface area (Å²) in [4.78, 5) is 14.4. The minimum Gasteiger partial charge on any atom is -0.338 e. The van der Waals surface area contributed by atoms with E-state index in [0.29, 0.717) is 24.1 Å². The second-order valence-corrected chi connectivity index (χ2v) is 7.17. The quantitative estimate of drug-likeness (QED) is 0.503. The van der Waals surface area contributed by atoms with Crippen molar-refractivity contribution in [1.82, 2.24) is 19.8 Å². The summed E-state index contributed by atoms with van der Waals surface area (Å²) < 4.78 is 1.44. The fourth-order valence-electron chi connectivity index (χ4n) is 2.67. The lowest BCUT2D eigenvalue weighted by Crippen LogP contribution is -2.31. The molecule has 0 saturated carbocycles. The van der Waals surface area contributed by atoms with Gasteiger partial charge in [0.15, 0.2) is 5.82 Å². The van der Waals surface area contributed by atoms with E-state index in [0.717, 1.165) is 11.1 Å². The molecule has 0 radical (unpaired) electrons. The minimum atomic E-state index is 0.0474. The smallest absolute Gasteiger partial charge is 0.233 e. The van der Waals surface area contributed by atoms with E-state index >= 15 is 0 Å². The number of nitrogens with two attached hydrogens (primary N) is 1. The van der Waals surface area contributed by atoms with Gasteiger partial charge in [-0.1, -0.05) is 71.9 Å². The molecule has 0 aliphatic heterocycles. The van der Waals surface area contributed by atoms with Crippen molar-refractivity contribution in [2.75, 3.05) is 18.1 Å². The Morgan fingerprint density at radius 1 is 1.11 bits per heavy atom. The highest BCUT2D eigenvalue weighted by atomic mass is 32.2. The number of benzene rings is 2. The van der Waals surface area contributed by atoms with Gasteiger partial charge in [-0.3, -0.25) is 4.79 Å². The maximum absolute atomic E-state index is 12.6. The summed E-state index contributed by atoms with van der Waals surface area (Å²) in [6, 6.07) is 17.9. The summed E-state index contributed by atoms with van der Waals surface area (Å²) in [6.45, 7) is 5.25. The molecule has 3 aromatic rings. The van der Waals surface area contributed by atoms with E-state index in [1.807, 2.05) is 73.3 Å². The van der Waals surface area contributed by atoms with E-state index in [-0.39, 0.29) is 11.7 Å². The van der Waals surface area contributed by atoms with Crippen LogP contribution in [0.3, 0.4) is 0 Å². The van der Waals surface area contributed by atoms with E-state index in [1.165, 1.54) is 22.0 Å². The Morgan fingerprint density at radius 2 is 1.81 bits per heavy atom. The molecule has 1 heterocycles. The SMILES string of the molecule is CCN(Cc1ccccc1)C(=O)CSc1nnc(-c2ccc(C)cc2)n1N. The van der Waals surface area contributed by atoms with Gasteiger partial charge in [-0.05, 0) is 19.4 Å². The largest absolute Gasteiger partial charge is 0.338 e. The van der Waals surface area contributed by atoms with Crippen LogP contribution in [0.25, 0.3) is 11.4 Å². The Kier molecular flexibility index (Phi) is 6.13. The molecule has 0 bridgehead atoms. The molecule has 27 heavy (non-hydrogen) atoms. The molecule has 0 aliphatic rings. The number of carbonyl (C=O) groups excluding carboxylic acids is 1. The highest BCUT2D eigenvalue weighted by Gasteiger charge is 2.17. The predicted molar refractivity (Wildman–Crippen MR) is 109 cm³/mol. The lowest BCUT2D eigenvalue weighted by Gasteiger charge is -2.20. The van der Waals surface area contributed by atoms with Crippen LogP contribution in [0.2, 0.25) is 0 Å². The van der Waals surface area contributed by atoms with Gasteiger partial charge >= 0.3 is 0 Å². The predicted octanol–water partition coefficient (Wildman–Crippen LogP) is 3.11. The van der Waals surface area contributed by atoms with Gasteiger partial charge in [-0.2, -0.15) is 0 Å². The summed E-state index contributed by atoms with van der Waals surface area (Å²) in [6.07, 6.45) is 0. The monoisotopic (exact) mass is 381 g/mol. The normalized spacial score (nSPS) is 10.7. The Labute approximate surface area is 163 Å². The molecule has 3 rings (SSSR count). The van der Waals surface area contributed by atoms with Crippen molar-refractivity contribution < 1.29 is 4.79 Å². The fourth-order valence-corrected chi connectivity index (χ4v) is 3.43. The number of aromatic nitrogens is 3. The standard InChI is InChI=1S/C20H23N5OS/c1-3-24(13-16-7-5-4-6-8-16)18(26)14-27-20-23-22-19(25(20)21)17-11-9-15(2)10-12-17/h4-12H,3,13-14,21H2,1-2H3. The van der Waals surface area contributed by atoms with Crippen molar-refractivity contribution >= 4 is 17.7 Å². The molecule has 1 aromatic heterocycles. The van der Waals surface area contributed by atoms with E-state index in [4.69, 9.17) is 5.84 Å². The molecule has 1 amide bonds. The van der Waals surface area contributed by atoms with Gasteiger partial charge < -0.3 is 10.7 Å². The second kappa shape index (κ2) is 8.73. The minimum absolute atomic E-state index is 0.0474. The van der Waals surface area contributed by atoms with Crippen molar-refractivity contribution in [2.45, 2.75) is 25.5 Å². The van der Waals surface area contributed by atoms with Crippen LogP contribution in [0.4, 0.5) is 0 Å². The number of carbonyl (C=O) groups is 1. The molecule has 0 atom stereocenters. The van der Waals surface area contributed by atoms with Crippen molar-refractivity contribution in [3.05, 3.63) is 65.7 Å². The van der Waals surface area contributed by atoms with Crippen LogP contribution in [0, 0.1) is 6.92 Å². The first kappa shape index (κ1) is 19.0. The molecule has 2 aromatic carbocycles. The molecule has 0 aliphatic carbocycles. The molecule has 7 heteroatoms. The first-order valence-corrected chi connectivity index (χ1v) is 9.79. The number of nitrogens with zero attached hydrogens (tertiary/aromatic N) is 4. The molecule has 140 valence electrons. The fraction of sp³-hybridized carbons (Fsp3) is 0.250. The highest BCUT2D eigenvalue weighted by Crippen LogP contribution is 2.22. The Hall–Kier alpha value is -2.80. The zero-order valence-corrected chi connectivity index (χ0v) is 16.3. The Balaban J connectivity index is 1.64. The van der Waals surface area contributed by atoms with Crippen LogP contribution in [0.15, 0.2) is 59.8 Å². The first-order chi connectivity index (χ1) is 13.1. The average Bonchev–Trinajstić information content (AvgIpc) is 3.06. The molecule has 2 N–H and O–H groups in total. The summed E-state index contributed by atoms with van der Waals surface area (Å²) in [7, 11) is 0. The third-order valence-corrected chi connectivity index (χ3v) is 5.18. The Morgan fingerprint density at radius 3 is 2.48 bits per heavy atom. The maximum Gasteiger partial charge on any atom is 0.233 e. The van der Waals surface area contributed by atoms with Crippen LogP contribution < -0.4 is 5.84 Å². The first-order valence-electron chi connectivity index (χ1n) is 8.80. The lowest BCUT2D eigenvalue weighted by molar-refractivity contribution is -0.128. The van der Waals surface area contributed by atoms with Gasteiger partial charge in [0.25, 0.3) is 0 Å². The average molecular weight is 382 g/mol. The van der Waals surface area contributed by atoms with E-state index in [1.54, 1.807) is 0 Å². The van der Waals surface area contributed by atoms with Crippen LogP contribution in [0.1, 0.15) is 18.1 Å². The molecular weight excluding hydrogens is 358 g/mol. The van der Waals surface area contributed by atoms with Crippen molar-refractivity contribution in [3.8, 4) is 11.4 Å². The summed E-state index contributed by atoms with van der Waals surface area (Å²) >= 11 is 1.30. The second-order valence-electron chi connectivity index (χ2n) is 6.22. The molecule has 0 unspecified atom stereocenters. The molecule has 0 saturated heterocycles. The summed E-state index contributed by atoms with van der Waals surface area (Å²) in [5.74, 6) is 7.04. The van der Waals surface area contributed by atoms with Crippen LogP contribution in [-0.4, -0.2) is 38.0 Å². The number of hydrogen-bond acceptors (Lipinski definition) is 5. The zero-order valence-electron chi connectivity index (χ0n) is 15.5. The molecular formula is C20H23N5OS. The van der Waals surface area contributed by atoms with Crippen molar-refractivity contribution in [3.63, 3.8) is 0 Å². The van der Waals surface area contributed by atoms with Gasteiger partial charge in [0.05, 0.1) is 5.75 Å². The van der Waals surface area contributed by atoms with Crippen molar-refractivity contribution in [2.24, 2.45) is 0 Å². The third kappa shape index (κ3) is 4.68. The lowest BCUT2D eigenvalue weighted by atomic mass is 10.1. The van der Waals surface area contributed by atoms with E-state index in [9.17, 15) is 4.79 Å². The maximum atomic E-state index is 12.6. The van der Waals surface area contributed by atoms with Gasteiger partial charge in [0, 0.05) is 18.7 Å². The zero-order chi connectivity index (χ0) is 19.2. The molecule has 6 nitrogen and oxygen atoms in total. The number of hydrogen-bond donors (Lipinski definition) is 1.